The summed E-state index contributed by atoms with van der Waals surface area (Å²) in [6.45, 7) is 12.0. The van der Waals surface area contributed by atoms with Gasteiger partial charge in [-0.15, -0.1) is 0 Å². The molecule has 5 nitrogen and oxygen atoms in total. The van der Waals surface area contributed by atoms with Crippen LogP contribution in [0.1, 0.15) is 31.4 Å². The first kappa shape index (κ1) is 25.2. The van der Waals surface area contributed by atoms with E-state index in [0.717, 1.165) is 75.5 Å². The van der Waals surface area contributed by atoms with Crippen molar-refractivity contribution in [3.05, 3.63) is 77.9 Å². The lowest BCUT2D eigenvalue weighted by Gasteiger charge is -2.34. The van der Waals surface area contributed by atoms with Crippen LogP contribution in [0, 0.1) is 5.92 Å². The van der Waals surface area contributed by atoms with E-state index >= 15 is 0 Å². The third-order valence-electron chi connectivity index (χ3n) is 6.79. The molecule has 0 amide bonds. The molecular formula is C30H40N4O. The van der Waals surface area contributed by atoms with Crippen LogP contribution in [0.15, 0.2) is 66.7 Å². The van der Waals surface area contributed by atoms with Gasteiger partial charge in [0.2, 0.25) is 0 Å². The van der Waals surface area contributed by atoms with Gasteiger partial charge < -0.3 is 20.3 Å². The fourth-order valence-electron chi connectivity index (χ4n) is 4.51. The van der Waals surface area contributed by atoms with E-state index in [2.05, 4.69) is 77.2 Å². The molecule has 2 heterocycles. The van der Waals surface area contributed by atoms with Crippen molar-refractivity contribution in [2.75, 3.05) is 51.6 Å². The number of pyridine rings is 1. The van der Waals surface area contributed by atoms with Gasteiger partial charge >= 0.3 is 0 Å². The number of hydrogen-bond donors (Lipinski definition) is 1. The van der Waals surface area contributed by atoms with Crippen LogP contribution in [-0.4, -0.2) is 60.7 Å². The third kappa shape index (κ3) is 7.81. The quantitative estimate of drug-likeness (QED) is 0.418. The number of nitrogen functional groups attached to an aromatic ring is 1. The molecule has 0 saturated carbocycles. The standard InChI is InChI=1S/C30H40N4O/c1-24(2)15-22-35-29-23-26(11-12-27(29)28-9-6-10-30(31)32-28)14-17-34-20-18-33(19-21-34)16-13-25-7-4-3-5-8-25/h3-12,23-24H,13-22H2,1-2H3,(H2,31,32). The largest absolute Gasteiger partial charge is 0.493 e. The highest BCUT2D eigenvalue weighted by Crippen LogP contribution is 2.31. The van der Waals surface area contributed by atoms with Crippen molar-refractivity contribution in [1.29, 1.82) is 0 Å². The highest BCUT2D eigenvalue weighted by atomic mass is 16.5. The van der Waals surface area contributed by atoms with Crippen LogP contribution in [0.2, 0.25) is 0 Å². The van der Waals surface area contributed by atoms with E-state index in [1.165, 1.54) is 11.1 Å². The summed E-state index contributed by atoms with van der Waals surface area (Å²) in [4.78, 5) is 9.71. The predicted octanol–water partition coefficient (Wildman–Crippen LogP) is 5.16. The predicted molar refractivity (Wildman–Crippen MR) is 146 cm³/mol. The lowest BCUT2D eigenvalue weighted by Crippen LogP contribution is -2.47. The molecule has 35 heavy (non-hydrogen) atoms. The zero-order valence-electron chi connectivity index (χ0n) is 21.3. The molecule has 0 unspecified atom stereocenters. The Bertz CT molecular complexity index is 1050. The smallest absolute Gasteiger partial charge is 0.128 e. The average Bonchev–Trinajstić information content (AvgIpc) is 2.87. The SMILES string of the molecule is CC(C)CCOc1cc(CCN2CCN(CCc3ccccc3)CC2)ccc1-c1cccc(N)n1. The summed E-state index contributed by atoms with van der Waals surface area (Å²) < 4.78 is 6.25. The Labute approximate surface area is 210 Å². The van der Waals surface area contributed by atoms with Gasteiger partial charge in [-0.1, -0.05) is 56.3 Å². The Morgan fingerprint density at radius 1 is 0.829 bits per heavy atom. The Hall–Kier alpha value is -2.89. The molecule has 4 rings (SSSR count). The molecule has 5 heteroatoms. The van der Waals surface area contributed by atoms with Crippen molar-refractivity contribution in [2.45, 2.75) is 33.1 Å². The van der Waals surface area contributed by atoms with E-state index < -0.39 is 0 Å². The summed E-state index contributed by atoms with van der Waals surface area (Å²) >= 11 is 0. The zero-order valence-corrected chi connectivity index (χ0v) is 21.3. The minimum absolute atomic E-state index is 0.530. The summed E-state index contributed by atoms with van der Waals surface area (Å²) in [5, 5.41) is 0. The maximum absolute atomic E-state index is 6.25. The van der Waals surface area contributed by atoms with Crippen LogP contribution in [0.25, 0.3) is 11.3 Å². The zero-order chi connectivity index (χ0) is 24.5. The van der Waals surface area contributed by atoms with Gasteiger partial charge in [0.1, 0.15) is 11.6 Å². The van der Waals surface area contributed by atoms with Crippen LogP contribution in [0.3, 0.4) is 0 Å². The lowest BCUT2D eigenvalue weighted by molar-refractivity contribution is 0.134. The highest BCUT2D eigenvalue weighted by Gasteiger charge is 2.17. The Kier molecular flexibility index (Phi) is 9.15. The molecule has 1 saturated heterocycles. The van der Waals surface area contributed by atoms with Crippen molar-refractivity contribution in [1.82, 2.24) is 14.8 Å². The van der Waals surface area contributed by atoms with Crippen LogP contribution in [0.5, 0.6) is 5.75 Å². The van der Waals surface area contributed by atoms with Gasteiger partial charge in [0.25, 0.3) is 0 Å². The maximum Gasteiger partial charge on any atom is 0.128 e. The lowest BCUT2D eigenvalue weighted by atomic mass is 10.0. The number of piperazine rings is 1. The number of aromatic nitrogens is 1. The second kappa shape index (κ2) is 12.7. The van der Waals surface area contributed by atoms with Crippen molar-refractivity contribution in [2.24, 2.45) is 5.92 Å². The van der Waals surface area contributed by atoms with Crippen molar-refractivity contribution in [3.8, 4) is 17.0 Å². The van der Waals surface area contributed by atoms with Crippen molar-refractivity contribution >= 4 is 5.82 Å². The molecule has 1 fully saturated rings. The molecular weight excluding hydrogens is 432 g/mol. The molecule has 1 aliphatic heterocycles. The second-order valence-corrected chi connectivity index (χ2v) is 9.98. The number of hydrogen-bond acceptors (Lipinski definition) is 5. The number of ether oxygens (including phenoxy) is 1. The van der Waals surface area contributed by atoms with Crippen LogP contribution < -0.4 is 10.5 Å². The van der Waals surface area contributed by atoms with E-state index in [9.17, 15) is 0 Å². The first-order valence-electron chi connectivity index (χ1n) is 13.0. The minimum Gasteiger partial charge on any atom is -0.493 e. The summed E-state index contributed by atoms with van der Waals surface area (Å²) in [7, 11) is 0. The first-order chi connectivity index (χ1) is 17.1. The first-order valence-corrected chi connectivity index (χ1v) is 13.0. The fraction of sp³-hybridized carbons (Fsp3) is 0.433. The highest BCUT2D eigenvalue weighted by molar-refractivity contribution is 5.68. The van der Waals surface area contributed by atoms with Gasteiger partial charge in [0, 0.05) is 44.8 Å². The molecule has 1 aliphatic rings. The topological polar surface area (TPSA) is 54.6 Å². The molecule has 0 radical (unpaired) electrons. The monoisotopic (exact) mass is 472 g/mol. The molecule has 2 aromatic carbocycles. The van der Waals surface area contributed by atoms with Gasteiger partial charge in [-0.3, -0.25) is 0 Å². The van der Waals surface area contributed by atoms with E-state index in [-0.39, 0.29) is 0 Å². The van der Waals surface area contributed by atoms with Crippen molar-refractivity contribution in [3.63, 3.8) is 0 Å². The van der Waals surface area contributed by atoms with E-state index in [1.807, 2.05) is 18.2 Å². The molecule has 0 atom stereocenters. The summed E-state index contributed by atoms with van der Waals surface area (Å²) in [5.74, 6) is 2.05. The number of rotatable bonds is 11. The normalized spacial score (nSPS) is 14.9. The Morgan fingerprint density at radius 3 is 2.17 bits per heavy atom. The third-order valence-corrected chi connectivity index (χ3v) is 6.79. The van der Waals surface area contributed by atoms with Crippen LogP contribution in [-0.2, 0) is 12.8 Å². The van der Waals surface area contributed by atoms with Crippen LogP contribution in [0.4, 0.5) is 5.82 Å². The number of anilines is 1. The summed E-state index contributed by atoms with van der Waals surface area (Å²) in [6.07, 6.45) is 3.19. The van der Waals surface area contributed by atoms with Crippen LogP contribution >= 0.6 is 0 Å². The molecule has 0 spiro atoms. The Balaban J connectivity index is 1.31. The number of benzene rings is 2. The molecule has 0 aliphatic carbocycles. The van der Waals surface area contributed by atoms with Gasteiger partial charge in [-0.05, 0) is 60.6 Å². The minimum atomic E-state index is 0.530. The van der Waals surface area contributed by atoms with Gasteiger partial charge in [-0.25, -0.2) is 4.98 Å². The molecule has 2 N–H and O–H groups in total. The van der Waals surface area contributed by atoms with Gasteiger partial charge in [-0.2, -0.15) is 0 Å². The summed E-state index contributed by atoms with van der Waals surface area (Å²) in [6, 6.07) is 23.1. The number of nitrogens with two attached hydrogens (primary N) is 1. The molecule has 1 aromatic heterocycles. The van der Waals surface area contributed by atoms with Gasteiger partial charge in [0.15, 0.2) is 0 Å². The van der Waals surface area contributed by atoms with E-state index in [4.69, 9.17) is 10.5 Å². The maximum atomic E-state index is 6.25. The fourth-order valence-corrected chi connectivity index (χ4v) is 4.51. The molecule has 0 bridgehead atoms. The van der Waals surface area contributed by atoms with E-state index in [0.29, 0.717) is 18.3 Å². The summed E-state index contributed by atoms with van der Waals surface area (Å²) in [5.41, 5.74) is 10.6. The van der Waals surface area contributed by atoms with E-state index in [1.54, 1.807) is 0 Å². The van der Waals surface area contributed by atoms with Gasteiger partial charge in [0.05, 0.1) is 12.3 Å². The second-order valence-electron chi connectivity index (χ2n) is 9.98. The average molecular weight is 473 g/mol. The Morgan fingerprint density at radius 2 is 1.51 bits per heavy atom. The molecule has 3 aromatic rings. The molecule has 186 valence electrons. The van der Waals surface area contributed by atoms with Crippen molar-refractivity contribution < 1.29 is 4.74 Å². The number of nitrogens with zero attached hydrogens (tertiary/aromatic N) is 3.